The molecule has 3 rings (SSSR count). The maximum absolute atomic E-state index is 13.1. The summed E-state index contributed by atoms with van der Waals surface area (Å²) in [6.07, 6.45) is 1.13. The summed E-state index contributed by atoms with van der Waals surface area (Å²) in [6, 6.07) is 14.9. The molecule has 2 aromatic carbocycles. The lowest BCUT2D eigenvalue weighted by atomic mass is 10.0. The molecule has 0 radical (unpaired) electrons. The van der Waals surface area contributed by atoms with Gasteiger partial charge in [0.05, 0.1) is 11.1 Å². The van der Waals surface area contributed by atoms with Crippen LogP contribution in [0.5, 0.6) is 0 Å². The van der Waals surface area contributed by atoms with Crippen molar-refractivity contribution in [1.82, 2.24) is 0 Å². The van der Waals surface area contributed by atoms with E-state index in [0.717, 1.165) is 12.0 Å². The number of aliphatic hydroxyl groups excluding tert-OH is 1. The van der Waals surface area contributed by atoms with Gasteiger partial charge in [0.25, 0.3) is 0 Å². The smallest absolute Gasteiger partial charge is 0.141 e. The van der Waals surface area contributed by atoms with E-state index in [-0.39, 0.29) is 5.02 Å². The Bertz CT molecular complexity index is 599. The third-order valence-corrected chi connectivity index (χ3v) is 4.28. The normalized spacial score (nSPS) is 22.6. The molecular formula is C17H16ClFO. The van der Waals surface area contributed by atoms with E-state index in [0.29, 0.717) is 18.3 Å². The summed E-state index contributed by atoms with van der Waals surface area (Å²) in [4.78, 5) is 0. The zero-order chi connectivity index (χ0) is 14.1. The Kier molecular flexibility index (Phi) is 3.77. The average Bonchev–Trinajstić information content (AvgIpc) is 3.24. The van der Waals surface area contributed by atoms with Crippen LogP contribution in [-0.4, -0.2) is 11.2 Å². The molecule has 0 amide bonds. The Hall–Kier alpha value is -1.38. The molecule has 1 fully saturated rings. The molecule has 1 aliphatic rings. The van der Waals surface area contributed by atoms with Crippen LogP contribution in [0.3, 0.4) is 0 Å². The van der Waals surface area contributed by atoms with Crippen molar-refractivity contribution < 1.29 is 9.50 Å². The van der Waals surface area contributed by atoms with Gasteiger partial charge >= 0.3 is 0 Å². The molecule has 0 aliphatic heterocycles. The van der Waals surface area contributed by atoms with Crippen LogP contribution in [0.15, 0.2) is 48.5 Å². The largest absolute Gasteiger partial charge is 0.392 e. The summed E-state index contributed by atoms with van der Waals surface area (Å²) in [6.45, 7) is 0. The zero-order valence-electron chi connectivity index (χ0n) is 11.0. The molecular weight excluding hydrogens is 275 g/mol. The van der Waals surface area contributed by atoms with Crippen molar-refractivity contribution >= 4 is 11.6 Å². The number of aliphatic hydroxyl groups is 1. The van der Waals surface area contributed by atoms with Crippen LogP contribution >= 0.6 is 11.6 Å². The summed E-state index contributed by atoms with van der Waals surface area (Å²) in [7, 11) is 0. The number of halogens is 2. The molecule has 0 aromatic heterocycles. The van der Waals surface area contributed by atoms with Crippen LogP contribution in [0, 0.1) is 11.7 Å². The van der Waals surface area contributed by atoms with E-state index in [1.807, 2.05) is 18.2 Å². The van der Waals surface area contributed by atoms with Gasteiger partial charge in [-0.25, -0.2) is 4.39 Å². The lowest BCUT2D eigenvalue weighted by molar-refractivity contribution is 0.149. The van der Waals surface area contributed by atoms with Gasteiger partial charge in [-0.2, -0.15) is 0 Å². The second-order valence-electron chi connectivity index (χ2n) is 5.44. The van der Waals surface area contributed by atoms with Gasteiger partial charge in [-0.1, -0.05) is 48.0 Å². The van der Waals surface area contributed by atoms with E-state index in [2.05, 4.69) is 12.1 Å². The maximum Gasteiger partial charge on any atom is 0.141 e. The third-order valence-electron chi connectivity index (χ3n) is 3.99. The molecule has 0 spiro atoms. The van der Waals surface area contributed by atoms with Crippen LogP contribution in [0.4, 0.5) is 4.39 Å². The van der Waals surface area contributed by atoms with Crippen molar-refractivity contribution in [1.29, 1.82) is 0 Å². The van der Waals surface area contributed by atoms with Crippen LogP contribution in [0.25, 0.3) is 0 Å². The first-order chi connectivity index (χ1) is 9.65. The van der Waals surface area contributed by atoms with E-state index in [9.17, 15) is 9.50 Å². The molecule has 1 N–H and O–H groups in total. The fourth-order valence-electron chi connectivity index (χ4n) is 2.78. The Morgan fingerprint density at radius 2 is 1.95 bits per heavy atom. The van der Waals surface area contributed by atoms with Gasteiger partial charge < -0.3 is 5.11 Å². The summed E-state index contributed by atoms with van der Waals surface area (Å²) in [5.41, 5.74) is 2.16. The molecule has 104 valence electrons. The van der Waals surface area contributed by atoms with E-state index >= 15 is 0 Å². The average molecular weight is 291 g/mol. The molecule has 20 heavy (non-hydrogen) atoms. The summed E-state index contributed by atoms with van der Waals surface area (Å²) in [5, 5.41) is 10.4. The first-order valence-corrected chi connectivity index (χ1v) is 7.20. The Balaban J connectivity index is 1.63. The van der Waals surface area contributed by atoms with Gasteiger partial charge in [0, 0.05) is 0 Å². The molecule has 3 atom stereocenters. The van der Waals surface area contributed by atoms with Crippen LogP contribution < -0.4 is 0 Å². The highest BCUT2D eigenvalue weighted by Gasteiger charge is 2.42. The van der Waals surface area contributed by atoms with Crippen molar-refractivity contribution in [2.24, 2.45) is 5.92 Å². The predicted molar refractivity (Wildman–Crippen MR) is 78.4 cm³/mol. The van der Waals surface area contributed by atoms with Crippen molar-refractivity contribution in [3.63, 3.8) is 0 Å². The van der Waals surface area contributed by atoms with Gasteiger partial charge in [-0.15, -0.1) is 0 Å². The highest BCUT2D eigenvalue weighted by Crippen LogP contribution is 2.50. The van der Waals surface area contributed by atoms with E-state index in [1.54, 1.807) is 12.1 Å². The van der Waals surface area contributed by atoms with Gasteiger partial charge in [0.15, 0.2) is 0 Å². The molecule has 1 nitrogen and oxygen atoms in total. The third kappa shape index (κ3) is 2.87. The minimum absolute atomic E-state index is 0.116. The summed E-state index contributed by atoms with van der Waals surface area (Å²) >= 11 is 5.76. The minimum atomic E-state index is -0.418. The Morgan fingerprint density at radius 3 is 2.65 bits per heavy atom. The van der Waals surface area contributed by atoms with Gasteiger partial charge in [0.2, 0.25) is 0 Å². The van der Waals surface area contributed by atoms with Crippen LogP contribution in [0.2, 0.25) is 5.02 Å². The summed E-state index contributed by atoms with van der Waals surface area (Å²) in [5.74, 6) is 0.321. The SMILES string of the molecule is OC(Cc1ccc(F)c(Cl)c1)C1CC1c1ccccc1. The molecule has 3 heteroatoms. The molecule has 3 unspecified atom stereocenters. The van der Waals surface area contributed by atoms with Crippen molar-refractivity contribution in [3.8, 4) is 0 Å². The Morgan fingerprint density at radius 1 is 1.20 bits per heavy atom. The number of rotatable bonds is 4. The summed E-state index contributed by atoms with van der Waals surface area (Å²) < 4.78 is 13.1. The lowest BCUT2D eigenvalue weighted by Crippen LogP contribution is -2.14. The first-order valence-electron chi connectivity index (χ1n) is 6.82. The van der Waals surface area contributed by atoms with Crippen LogP contribution in [0.1, 0.15) is 23.5 Å². The molecule has 2 aromatic rings. The molecule has 1 aliphatic carbocycles. The Labute approximate surface area is 123 Å². The lowest BCUT2D eigenvalue weighted by Gasteiger charge is -2.11. The quantitative estimate of drug-likeness (QED) is 0.895. The molecule has 0 saturated heterocycles. The van der Waals surface area contributed by atoms with Gasteiger partial charge in [0.1, 0.15) is 5.82 Å². The molecule has 1 saturated carbocycles. The fraction of sp³-hybridized carbons (Fsp3) is 0.294. The van der Waals surface area contributed by atoms with E-state index in [1.165, 1.54) is 11.6 Å². The number of benzene rings is 2. The molecule has 0 heterocycles. The minimum Gasteiger partial charge on any atom is -0.392 e. The zero-order valence-corrected chi connectivity index (χ0v) is 11.7. The van der Waals surface area contributed by atoms with Crippen LogP contribution in [-0.2, 0) is 6.42 Å². The fourth-order valence-corrected chi connectivity index (χ4v) is 2.99. The second kappa shape index (κ2) is 5.55. The highest BCUT2D eigenvalue weighted by atomic mass is 35.5. The van der Waals surface area contributed by atoms with E-state index in [4.69, 9.17) is 11.6 Å². The van der Waals surface area contributed by atoms with Crippen molar-refractivity contribution in [2.45, 2.75) is 24.9 Å². The highest BCUT2D eigenvalue weighted by molar-refractivity contribution is 6.30. The maximum atomic E-state index is 13.1. The van der Waals surface area contributed by atoms with Gasteiger partial charge in [-0.3, -0.25) is 0 Å². The van der Waals surface area contributed by atoms with E-state index < -0.39 is 11.9 Å². The topological polar surface area (TPSA) is 20.2 Å². The number of hydrogen-bond acceptors (Lipinski definition) is 1. The van der Waals surface area contributed by atoms with Crippen molar-refractivity contribution in [2.75, 3.05) is 0 Å². The number of hydrogen-bond donors (Lipinski definition) is 1. The second-order valence-corrected chi connectivity index (χ2v) is 5.84. The standard InChI is InChI=1S/C17H16ClFO/c18-15-8-11(6-7-16(15)19)9-17(20)14-10-13(14)12-4-2-1-3-5-12/h1-8,13-14,17,20H,9-10H2. The van der Waals surface area contributed by atoms with Gasteiger partial charge in [-0.05, 0) is 47.9 Å². The molecule has 0 bridgehead atoms. The predicted octanol–water partition coefficient (Wildman–Crippen LogP) is 4.19. The van der Waals surface area contributed by atoms with Crippen molar-refractivity contribution in [3.05, 3.63) is 70.5 Å². The monoisotopic (exact) mass is 290 g/mol. The first kappa shape index (κ1) is 13.6.